The Morgan fingerprint density at radius 3 is 2.45 bits per heavy atom. The molecule has 0 saturated carbocycles. The van der Waals surface area contributed by atoms with Gasteiger partial charge in [-0.1, -0.05) is 12.1 Å². The second-order valence-electron chi connectivity index (χ2n) is 11.2. The van der Waals surface area contributed by atoms with Crippen LogP contribution in [0.3, 0.4) is 0 Å². The van der Waals surface area contributed by atoms with E-state index in [2.05, 4.69) is 15.2 Å². The SMILES string of the molecule is COc1ccc(COc2cnc(C(C)=O)c(N3CCC4(CC3)CO[C@@H](C)[C@H]4NC(=O)OC(C)(C)C)c2)cc1. The number of piperidine rings is 1. The van der Waals surface area contributed by atoms with Crippen molar-refractivity contribution >= 4 is 17.6 Å². The van der Waals surface area contributed by atoms with E-state index in [0.717, 1.165) is 29.8 Å². The highest BCUT2D eigenvalue weighted by Gasteiger charge is 2.50. The molecule has 1 N–H and O–H groups in total. The highest BCUT2D eigenvalue weighted by molar-refractivity contribution is 5.98. The maximum absolute atomic E-state index is 12.6. The summed E-state index contributed by atoms with van der Waals surface area (Å²) in [6, 6.07) is 9.44. The Morgan fingerprint density at radius 1 is 1.16 bits per heavy atom. The fourth-order valence-corrected chi connectivity index (χ4v) is 5.25. The molecule has 1 amide bonds. The number of ether oxygens (including phenoxy) is 4. The third kappa shape index (κ3) is 6.38. The third-order valence-electron chi connectivity index (χ3n) is 7.28. The molecule has 2 aliphatic rings. The van der Waals surface area contributed by atoms with E-state index in [-0.39, 0.29) is 23.3 Å². The molecule has 2 aromatic rings. The quantitative estimate of drug-likeness (QED) is 0.516. The second-order valence-corrected chi connectivity index (χ2v) is 11.2. The number of benzene rings is 1. The van der Waals surface area contributed by atoms with Gasteiger partial charge >= 0.3 is 6.09 Å². The van der Waals surface area contributed by atoms with E-state index in [1.54, 1.807) is 13.3 Å². The standard InChI is InChI=1S/C29H39N3O6/c1-19(33)25-24(15-23(16-30-25)36-17-21-7-9-22(35-6)10-8-21)32-13-11-29(12-14-32)18-37-20(2)26(29)31-27(34)38-28(3,4)5/h7-10,15-16,20,26H,11-14,17-18H2,1-6H3,(H,31,34)/t20-,26+/m0/s1. The first-order chi connectivity index (χ1) is 18.0. The number of methoxy groups -OCH3 is 1. The van der Waals surface area contributed by atoms with E-state index >= 15 is 0 Å². The van der Waals surface area contributed by atoms with Crippen molar-refractivity contribution in [3.8, 4) is 11.5 Å². The van der Waals surface area contributed by atoms with Gasteiger partial charge in [0.15, 0.2) is 5.78 Å². The van der Waals surface area contributed by atoms with Crippen LogP contribution in [0.4, 0.5) is 10.5 Å². The van der Waals surface area contributed by atoms with Crippen LogP contribution in [-0.4, -0.2) is 61.4 Å². The number of aromatic nitrogens is 1. The van der Waals surface area contributed by atoms with Crippen LogP contribution in [0.1, 0.15) is 63.5 Å². The number of pyridine rings is 1. The number of amides is 1. The lowest BCUT2D eigenvalue weighted by molar-refractivity contribution is 0.0434. The first kappa shape index (κ1) is 27.7. The molecule has 38 heavy (non-hydrogen) atoms. The zero-order valence-corrected chi connectivity index (χ0v) is 23.2. The summed E-state index contributed by atoms with van der Waals surface area (Å²) >= 11 is 0. The zero-order valence-electron chi connectivity index (χ0n) is 23.2. The van der Waals surface area contributed by atoms with Gasteiger partial charge in [-0.05, 0) is 58.2 Å². The lowest BCUT2D eigenvalue weighted by Gasteiger charge is -2.43. The number of nitrogens with zero attached hydrogens (tertiary/aromatic N) is 2. The number of hydrogen-bond acceptors (Lipinski definition) is 8. The Labute approximate surface area is 224 Å². The summed E-state index contributed by atoms with van der Waals surface area (Å²) in [6.45, 7) is 11.4. The highest BCUT2D eigenvalue weighted by Crippen LogP contribution is 2.43. The minimum atomic E-state index is -0.570. The summed E-state index contributed by atoms with van der Waals surface area (Å²) in [5.74, 6) is 1.30. The molecule has 206 valence electrons. The van der Waals surface area contributed by atoms with Crippen LogP contribution in [0.15, 0.2) is 36.5 Å². The van der Waals surface area contributed by atoms with Gasteiger partial charge in [0.2, 0.25) is 0 Å². The number of hydrogen-bond donors (Lipinski definition) is 1. The van der Waals surface area contributed by atoms with Gasteiger partial charge in [0, 0.05) is 31.5 Å². The van der Waals surface area contributed by atoms with Crippen LogP contribution in [0.5, 0.6) is 11.5 Å². The van der Waals surface area contributed by atoms with Crippen molar-refractivity contribution in [1.29, 1.82) is 0 Å². The molecular formula is C29H39N3O6. The van der Waals surface area contributed by atoms with Crippen molar-refractivity contribution in [2.75, 3.05) is 31.7 Å². The lowest BCUT2D eigenvalue weighted by Crippen LogP contribution is -2.55. The molecule has 4 rings (SSSR count). The minimum absolute atomic E-state index is 0.0933. The highest BCUT2D eigenvalue weighted by atomic mass is 16.6. The predicted octanol–water partition coefficient (Wildman–Crippen LogP) is 4.77. The number of carbonyl (C=O) groups is 2. The summed E-state index contributed by atoms with van der Waals surface area (Å²) in [7, 11) is 1.63. The normalized spacial score (nSPS) is 20.7. The van der Waals surface area contributed by atoms with Gasteiger partial charge in [-0.2, -0.15) is 0 Å². The molecule has 9 heteroatoms. The Hall–Kier alpha value is -3.33. The van der Waals surface area contributed by atoms with Crippen LogP contribution in [0.25, 0.3) is 0 Å². The topological polar surface area (TPSA) is 99.2 Å². The molecule has 0 radical (unpaired) electrons. The van der Waals surface area contributed by atoms with E-state index in [1.807, 2.05) is 58.0 Å². The van der Waals surface area contributed by atoms with E-state index in [0.29, 0.717) is 37.7 Å². The Kier molecular flexibility index (Phi) is 8.16. The number of rotatable bonds is 7. The van der Waals surface area contributed by atoms with Gasteiger partial charge in [0.05, 0.1) is 37.7 Å². The van der Waals surface area contributed by atoms with Gasteiger partial charge in [-0.25, -0.2) is 9.78 Å². The van der Waals surface area contributed by atoms with Crippen LogP contribution in [0.2, 0.25) is 0 Å². The average molecular weight is 526 g/mol. The molecule has 2 atom stereocenters. The summed E-state index contributed by atoms with van der Waals surface area (Å²) in [5.41, 5.74) is 1.43. The maximum Gasteiger partial charge on any atom is 0.407 e. The van der Waals surface area contributed by atoms with Crippen LogP contribution < -0.4 is 19.7 Å². The lowest BCUT2D eigenvalue weighted by atomic mass is 9.73. The van der Waals surface area contributed by atoms with Gasteiger partial charge in [-0.15, -0.1) is 0 Å². The Morgan fingerprint density at radius 2 is 1.84 bits per heavy atom. The van der Waals surface area contributed by atoms with Crippen molar-refractivity contribution in [2.45, 2.75) is 71.8 Å². The van der Waals surface area contributed by atoms with E-state index < -0.39 is 11.7 Å². The molecule has 1 spiro atoms. The summed E-state index contributed by atoms with van der Waals surface area (Å²) < 4.78 is 22.8. The van der Waals surface area contributed by atoms with E-state index in [1.165, 1.54) is 6.92 Å². The fourth-order valence-electron chi connectivity index (χ4n) is 5.25. The van der Waals surface area contributed by atoms with Crippen molar-refractivity contribution < 1.29 is 28.5 Å². The summed E-state index contributed by atoms with van der Waals surface area (Å²) in [6.07, 6.45) is 2.66. The number of Topliss-reactive ketones (excluding diaryl/α,β-unsaturated/α-hetero) is 1. The number of carbonyl (C=O) groups excluding carboxylic acids is 2. The number of alkyl carbamates (subject to hydrolysis) is 1. The fraction of sp³-hybridized carbons (Fsp3) is 0.552. The molecule has 0 unspecified atom stereocenters. The van der Waals surface area contributed by atoms with Gasteiger partial charge in [0.1, 0.15) is 29.4 Å². The molecule has 0 aliphatic carbocycles. The number of nitrogens with one attached hydrogen (secondary N) is 1. The second kappa shape index (κ2) is 11.2. The Bertz CT molecular complexity index is 1140. The summed E-state index contributed by atoms with van der Waals surface area (Å²) in [4.78, 5) is 31.6. The van der Waals surface area contributed by atoms with Gasteiger partial charge in [-0.3, -0.25) is 4.79 Å². The van der Waals surface area contributed by atoms with Crippen molar-refractivity contribution in [2.24, 2.45) is 5.41 Å². The van der Waals surface area contributed by atoms with Gasteiger partial charge < -0.3 is 29.2 Å². The zero-order chi connectivity index (χ0) is 27.5. The molecule has 1 aromatic carbocycles. The average Bonchev–Trinajstić information content (AvgIpc) is 3.16. The van der Waals surface area contributed by atoms with E-state index in [9.17, 15) is 9.59 Å². The monoisotopic (exact) mass is 525 g/mol. The largest absolute Gasteiger partial charge is 0.497 e. The smallest absolute Gasteiger partial charge is 0.407 e. The Balaban J connectivity index is 1.46. The predicted molar refractivity (Wildman–Crippen MR) is 144 cm³/mol. The third-order valence-corrected chi connectivity index (χ3v) is 7.28. The molecule has 9 nitrogen and oxygen atoms in total. The van der Waals surface area contributed by atoms with Crippen LogP contribution >= 0.6 is 0 Å². The van der Waals surface area contributed by atoms with Crippen molar-refractivity contribution in [3.63, 3.8) is 0 Å². The molecule has 2 fully saturated rings. The first-order valence-electron chi connectivity index (χ1n) is 13.1. The molecule has 3 heterocycles. The molecule has 0 bridgehead atoms. The van der Waals surface area contributed by atoms with E-state index in [4.69, 9.17) is 18.9 Å². The molecule has 1 aromatic heterocycles. The van der Waals surface area contributed by atoms with Crippen LogP contribution in [0, 0.1) is 5.41 Å². The molecule has 2 aliphatic heterocycles. The first-order valence-corrected chi connectivity index (χ1v) is 13.1. The molecular weight excluding hydrogens is 486 g/mol. The maximum atomic E-state index is 12.6. The number of ketones is 1. The van der Waals surface area contributed by atoms with Crippen molar-refractivity contribution in [3.05, 3.63) is 47.8 Å². The summed E-state index contributed by atoms with van der Waals surface area (Å²) in [5, 5.41) is 3.08. The molecule has 2 saturated heterocycles. The van der Waals surface area contributed by atoms with Crippen LogP contribution in [-0.2, 0) is 16.1 Å². The number of anilines is 1. The van der Waals surface area contributed by atoms with Crippen molar-refractivity contribution in [1.82, 2.24) is 10.3 Å². The van der Waals surface area contributed by atoms with Gasteiger partial charge in [0.25, 0.3) is 0 Å². The minimum Gasteiger partial charge on any atom is -0.497 e.